The van der Waals surface area contributed by atoms with Crippen LogP contribution in [0.25, 0.3) is 11.3 Å². The normalized spacial score (nSPS) is 14.4. The predicted octanol–water partition coefficient (Wildman–Crippen LogP) is 7.82. The second-order valence-corrected chi connectivity index (χ2v) is 11.6. The van der Waals surface area contributed by atoms with Crippen molar-refractivity contribution < 1.29 is 13.9 Å². The Balaban J connectivity index is 0.00000387. The maximum absolute atomic E-state index is 13.6. The molecule has 1 aliphatic rings. The fourth-order valence-corrected chi connectivity index (χ4v) is 5.18. The molecule has 3 aromatic carbocycles. The molecule has 41 heavy (non-hydrogen) atoms. The van der Waals surface area contributed by atoms with E-state index < -0.39 is 0 Å². The summed E-state index contributed by atoms with van der Waals surface area (Å²) >= 11 is 6.57. The highest BCUT2D eigenvalue weighted by Crippen LogP contribution is 2.31. The Kier molecular flexibility index (Phi) is 9.74. The number of nitrogens with one attached hydrogen (secondary N) is 1. The van der Waals surface area contributed by atoms with Crippen LogP contribution in [0.5, 0.6) is 5.75 Å². The van der Waals surface area contributed by atoms with Gasteiger partial charge in [-0.15, -0.1) is 12.4 Å². The number of carbonyl (C=O) groups is 1. The Morgan fingerprint density at radius 2 is 1.73 bits per heavy atom. The summed E-state index contributed by atoms with van der Waals surface area (Å²) in [4.78, 5) is 15.9. The second-order valence-electron chi connectivity index (χ2n) is 11.2. The maximum Gasteiger partial charge on any atom is 0.259 e. The zero-order chi connectivity index (χ0) is 28.3. The second kappa shape index (κ2) is 13.1. The summed E-state index contributed by atoms with van der Waals surface area (Å²) in [6.07, 6.45) is 3.64. The molecule has 5 rings (SSSR count). The van der Waals surface area contributed by atoms with E-state index in [0.29, 0.717) is 28.5 Å². The Morgan fingerprint density at radius 1 is 1.05 bits per heavy atom. The van der Waals surface area contributed by atoms with E-state index in [4.69, 9.17) is 16.3 Å². The fraction of sp³-hybridized carbons (Fsp3) is 0.312. The lowest BCUT2D eigenvalue weighted by Crippen LogP contribution is -2.37. The zero-order valence-corrected chi connectivity index (χ0v) is 25.0. The molecular weight excluding hydrogens is 562 g/mol. The van der Waals surface area contributed by atoms with Crippen molar-refractivity contribution in [3.05, 3.63) is 101 Å². The Morgan fingerprint density at radius 3 is 2.39 bits per heavy atom. The van der Waals surface area contributed by atoms with Crippen molar-refractivity contribution in [2.24, 2.45) is 0 Å². The highest BCUT2D eigenvalue weighted by Gasteiger charge is 2.26. The average Bonchev–Trinajstić information content (AvgIpc) is 3.39. The van der Waals surface area contributed by atoms with Crippen molar-refractivity contribution in [1.82, 2.24) is 14.7 Å². The van der Waals surface area contributed by atoms with Crippen LogP contribution in [0.3, 0.4) is 0 Å². The average molecular weight is 598 g/mol. The van der Waals surface area contributed by atoms with Crippen molar-refractivity contribution in [1.29, 1.82) is 0 Å². The van der Waals surface area contributed by atoms with Crippen molar-refractivity contribution in [3.63, 3.8) is 0 Å². The highest BCUT2D eigenvalue weighted by atomic mass is 35.5. The van der Waals surface area contributed by atoms with Crippen LogP contribution in [0.15, 0.2) is 79.0 Å². The number of para-hydroxylation sites is 1. The molecule has 0 radical (unpaired) electrons. The van der Waals surface area contributed by atoms with Crippen LogP contribution < -0.4 is 10.1 Å². The first-order chi connectivity index (χ1) is 19.2. The van der Waals surface area contributed by atoms with Crippen LogP contribution in [-0.2, 0) is 12.1 Å². The number of benzene rings is 3. The maximum atomic E-state index is 13.6. The lowest BCUT2D eigenvalue weighted by Gasteiger charge is -2.32. The molecule has 0 unspecified atom stereocenters. The summed E-state index contributed by atoms with van der Waals surface area (Å²) in [6, 6.07) is 21.6. The molecule has 0 aliphatic carbocycles. The van der Waals surface area contributed by atoms with Crippen LogP contribution >= 0.6 is 24.0 Å². The van der Waals surface area contributed by atoms with E-state index in [1.165, 1.54) is 12.1 Å². The van der Waals surface area contributed by atoms with Gasteiger partial charge in [-0.25, -0.2) is 4.39 Å². The number of anilines is 1. The third-order valence-electron chi connectivity index (χ3n) is 7.05. The van der Waals surface area contributed by atoms with Crippen LogP contribution in [0.4, 0.5) is 10.1 Å². The van der Waals surface area contributed by atoms with Gasteiger partial charge in [-0.2, -0.15) is 5.10 Å². The first-order valence-electron chi connectivity index (χ1n) is 13.6. The highest BCUT2D eigenvalue weighted by molar-refractivity contribution is 6.31. The number of ether oxygens (including phenoxy) is 1. The van der Waals surface area contributed by atoms with Crippen LogP contribution in [0.2, 0.25) is 5.02 Å². The molecule has 1 aromatic heterocycles. The number of amides is 1. The number of rotatable bonds is 7. The van der Waals surface area contributed by atoms with Gasteiger partial charge in [0.05, 0.1) is 23.0 Å². The number of carbonyl (C=O) groups excluding carboxylic acids is 1. The summed E-state index contributed by atoms with van der Waals surface area (Å²) in [5.74, 6) is 0.281. The largest absolute Gasteiger partial charge is 0.490 e. The summed E-state index contributed by atoms with van der Waals surface area (Å²) in [5.41, 5.74) is 3.00. The van der Waals surface area contributed by atoms with E-state index in [0.717, 1.165) is 42.8 Å². The van der Waals surface area contributed by atoms with E-state index in [1.807, 2.05) is 63.2 Å². The molecule has 1 saturated heterocycles. The lowest BCUT2D eigenvalue weighted by molar-refractivity contribution is 0.0968. The minimum atomic E-state index is -0.380. The number of nitrogens with zero attached hydrogens (tertiary/aromatic N) is 3. The van der Waals surface area contributed by atoms with Gasteiger partial charge in [-0.1, -0.05) is 29.8 Å². The summed E-state index contributed by atoms with van der Waals surface area (Å²) in [7, 11) is 0. The van der Waals surface area contributed by atoms with Crippen LogP contribution in [-0.4, -0.2) is 39.8 Å². The number of halogens is 3. The van der Waals surface area contributed by atoms with Gasteiger partial charge in [-0.05, 0) is 93.8 Å². The third-order valence-corrected chi connectivity index (χ3v) is 7.41. The number of piperidine rings is 1. The van der Waals surface area contributed by atoms with Gasteiger partial charge < -0.3 is 10.1 Å². The summed E-state index contributed by atoms with van der Waals surface area (Å²) in [6.45, 7) is 8.52. The summed E-state index contributed by atoms with van der Waals surface area (Å²) < 4.78 is 21.6. The van der Waals surface area contributed by atoms with Crippen LogP contribution in [0, 0.1) is 5.82 Å². The topological polar surface area (TPSA) is 59.4 Å². The van der Waals surface area contributed by atoms with Gasteiger partial charge >= 0.3 is 0 Å². The first-order valence-corrected chi connectivity index (χ1v) is 13.9. The van der Waals surface area contributed by atoms with Gasteiger partial charge in [0.2, 0.25) is 0 Å². The van der Waals surface area contributed by atoms with Gasteiger partial charge in [0.1, 0.15) is 17.7 Å². The number of likely N-dealkylation sites (tertiary alicyclic amines) is 1. The lowest BCUT2D eigenvalue weighted by atomic mass is 10.0. The molecule has 2 heterocycles. The quantitative estimate of drug-likeness (QED) is 0.236. The van der Waals surface area contributed by atoms with Crippen molar-refractivity contribution in [3.8, 4) is 17.0 Å². The van der Waals surface area contributed by atoms with E-state index >= 15 is 0 Å². The number of aromatic nitrogens is 2. The van der Waals surface area contributed by atoms with E-state index in [1.54, 1.807) is 29.1 Å². The molecule has 0 spiro atoms. The van der Waals surface area contributed by atoms with E-state index in [9.17, 15) is 9.18 Å². The molecule has 1 fully saturated rings. The van der Waals surface area contributed by atoms with E-state index in [2.05, 4.69) is 15.3 Å². The molecule has 216 valence electrons. The Bertz CT molecular complexity index is 1460. The van der Waals surface area contributed by atoms with Crippen LogP contribution in [0.1, 0.15) is 49.5 Å². The van der Waals surface area contributed by atoms with Crippen molar-refractivity contribution in [2.75, 3.05) is 18.4 Å². The third kappa shape index (κ3) is 7.47. The number of hydrogen-bond donors (Lipinski definition) is 1. The minimum Gasteiger partial charge on any atom is -0.490 e. The molecule has 0 atom stereocenters. The molecule has 1 amide bonds. The molecule has 1 aliphatic heterocycles. The predicted molar refractivity (Wildman–Crippen MR) is 165 cm³/mol. The number of hydrogen-bond acceptors (Lipinski definition) is 4. The minimum absolute atomic E-state index is 0. The molecular formula is C32H35Cl2FN4O2. The van der Waals surface area contributed by atoms with Gasteiger partial charge in [0.25, 0.3) is 5.91 Å². The monoisotopic (exact) mass is 596 g/mol. The molecule has 9 heteroatoms. The summed E-state index contributed by atoms with van der Waals surface area (Å²) in [5, 5.41) is 8.20. The molecule has 0 bridgehead atoms. The molecule has 4 aromatic rings. The van der Waals surface area contributed by atoms with Gasteiger partial charge in [-0.3, -0.25) is 14.4 Å². The Hall–Kier alpha value is -3.39. The SMILES string of the molecule is CC(C)(C)n1ncc(C(=O)Nc2ccc(Cl)c(CN3CCC(Oc4ccccc4)CC3)c2)c1-c1ccc(F)cc1.Cl. The first kappa shape index (κ1) is 30.6. The fourth-order valence-electron chi connectivity index (χ4n) is 5.00. The molecule has 6 nitrogen and oxygen atoms in total. The Labute approximate surface area is 251 Å². The molecule has 1 N–H and O–H groups in total. The van der Waals surface area contributed by atoms with Crippen molar-refractivity contribution in [2.45, 2.75) is 51.8 Å². The van der Waals surface area contributed by atoms with Crippen molar-refractivity contribution >= 4 is 35.6 Å². The van der Waals surface area contributed by atoms with Gasteiger partial charge in [0, 0.05) is 35.9 Å². The molecule has 0 saturated carbocycles. The zero-order valence-electron chi connectivity index (χ0n) is 23.4. The van der Waals surface area contributed by atoms with E-state index in [-0.39, 0.29) is 35.8 Å². The van der Waals surface area contributed by atoms with Gasteiger partial charge in [0.15, 0.2) is 0 Å². The standard InChI is InChI=1S/C32H34ClFN4O2.ClH/c1-32(2,3)38-30(22-9-11-24(34)12-10-22)28(20-35-38)31(39)36-25-13-14-29(33)23(19-25)21-37-17-15-27(16-18-37)40-26-7-5-4-6-8-26;/h4-14,19-20,27H,15-18,21H2,1-3H3,(H,36,39);1H. The smallest absolute Gasteiger partial charge is 0.259 e.